The summed E-state index contributed by atoms with van der Waals surface area (Å²) in [5.41, 5.74) is 2.85. The third-order valence-corrected chi connectivity index (χ3v) is 4.39. The molecule has 0 aromatic heterocycles. The smallest absolute Gasteiger partial charge is 0.120 e. The van der Waals surface area contributed by atoms with Gasteiger partial charge in [-0.15, -0.1) is 0 Å². The molecule has 0 aliphatic carbocycles. The van der Waals surface area contributed by atoms with Crippen LogP contribution in [0, 0.1) is 0 Å². The van der Waals surface area contributed by atoms with Crippen LogP contribution in [-0.2, 0) is 13.0 Å². The van der Waals surface area contributed by atoms with Gasteiger partial charge in [0.15, 0.2) is 0 Å². The molecule has 2 aliphatic rings. The van der Waals surface area contributed by atoms with Crippen molar-refractivity contribution in [1.29, 1.82) is 0 Å². The van der Waals surface area contributed by atoms with Crippen LogP contribution in [0.5, 0.6) is 5.75 Å². The first-order chi connectivity index (χ1) is 9.18. The molecule has 0 radical (unpaired) electrons. The average Bonchev–Trinajstić information content (AvgIpc) is 2.80. The fourth-order valence-electron chi connectivity index (χ4n) is 3.18. The average molecular weight is 260 g/mol. The van der Waals surface area contributed by atoms with E-state index in [4.69, 9.17) is 4.74 Å². The molecule has 104 valence electrons. The number of nitrogens with zero attached hydrogens (tertiary/aromatic N) is 1. The van der Waals surface area contributed by atoms with E-state index in [9.17, 15) is 0 Å². The Labute approximate surface area is 115 Å². The zero-order valence-electron chi connectivity index (χ0n) is 12.0. The number of hydrogen-bond acceptors (Lipinski definition) is 3. The highest BCUT2D eigenvalue weighted by atomic mass is 16.5. The van der Waals surface area contributed by atoms with Crippen molar-refractivity contribution in [3.63, 3.8) is 0 Å². The molecule has 1 fully saturated rings. The summed E-state index contributed by atoms with van der Waals surface area (Å²) >= 11 is 0. The Morgan fingerprint density at radius 2 is 2.26 bits per heavy atom. The number of rotatable bonds is 3. The first-order valence-corrected chi connectivity index (χ1v) is 7.42. The Balaban J connectivity index is 1.73. The van der Waals surface area contributed by atoms with E-state index in [1.54, 1.807) is 0 Å². The van der Waals surface area contributed by atoms with E-state index in [0.29, 0.717) is 0 Å². The molecular formula is C16H24N2O. The number of benzene rings is 1. The number of hydrogen-bond donors (Lipinski definition) is 1. The van der Waals surface area contributed by atoms with Crippen molar-refractivity contribution in [2.75, 3.05) is 26.2 Å². The van der Waals surface area contributed by atoms with Crippen molar-refractivity contribution in [2.45, 2.75) is 38.8 Å². The summed E-state index contributed by atoms with van der Waals surface area (Å²) in [5, 5.41) is 3.41. The lowest BCUT2D eigenvalue weighted by atomic mass is 10.0. The number of likely N-dealkylation sites (N-methyl/N-ethyl adjacent to an activating group) is 1. The molecule has 0 bridgehead atoms. The van der Waals surface area contributed by atoms with Gasteiger partial charge in [-0.2, -0.15) is 0 Å². The first-order valence-electron chi connectivity index (χ1n) is 7.42. The molecule has 1 aromatic carbocycles. The minimum Gasteiger partial charge on any atom is -0.486 e. The zero-order chi connectivity index (χ0) is 13.3. The second-order valence-electron chi connectivity index (χ2n) is 6.03. The second kappa shape index (κ2) is 5.14. The van der Waals surface area contributed by atoms with Crippen LogP contribution in [0.3, 0.4) is 0 Å². The van der Waals surface area contributed by atoms with Gasteiger partial charge >= 0.3 is 0 Å². The van der Waals surface area contributed by atoms with Gasteiger partial charge in [0.05, 0.1) is 0 Å². The minimum absolute atomic E-state index is 0.0167. The summed E-state index contributed by atoms with van der Waals surface area (Å²) in [6.07, 6.45) is 2.24. The lowest BCUT2D eigenvalue weighted by molar-refractivity contribution is 0.0968. The summed E-state index contributed by atoms with van der Waals surface area (Å²) in [6.45, 7) is 9.86. The molecule has 0 saturated carbocycles. The van der Waals surface area contributed by atoms with Gasteiger partial charge in [0.2, 0.25) is 0 Å². The largest absolute Gasteiger partial charge is 0.486 e. The highest BCUT2D eigenvalue weighted by Gasteiger charge is 2.35. The van der Waals surface area contributed by atoms with E-state index in [1.165, 1.54) is 11.1 Å². The highest BCUT2D eigenvalue weighted by molar-refractivity contribution is 5.37. The van der Waals surface area contributed by atoms with Gasteiger partial charge in [-0.3, -0.25) is 4.90 Å². The summed E-state index contributed by atoms with van der Waals surface area (Å²) in [6, 6.07) is 6.59. The van der Waals surface area contributed by atoms with E-state index >= 15 is 0 Å². The van der Waals surface area contributed by atoms with Crippen molar-refractivity contribution in [3.8, 4) is 5.75 Å². The van der Waals surface area contributed by atoms with Gasteiger partial charge in [-0.25, -0.2) is 0 Å². The predicted octanol–water partition coefficient (Wildman–Crippen LogP) is 2.20. The molecule has 2 aliphatic heterocycles. The van der Waals surface area contributed by atoms with E-state index in [1.807, 2.05) is 0 Å². The van der Waals surface area contributed by atoms with E-state index in [-0.39, 0.29) is 5.60 Å². The molecule has 1 unspecified atom stereocenters. The number of nitrogens with one attached hydrogen (secondary N) is 1. The molecule has 1 N–H and O–H groups in total. The van der Waals surface area contributed by atoms with Crippen LogP contribution < -0.4 is 10.1 Å². The van der Waals surface area contributed by atoms with Gasteiger partial charge in [0, 0.05) is 26.1 Å². The molecule has 2 heterocycles. The Hall–Kier alpha value is -1.06. The fourth-order valence-corrected chi connectivity index (χ4v) is 3.18. The van der Waals surface area contributed by atoms with E-state index < -0.39 is 0 Å². The highest BCUT2D eigenvalue weighted by Crippen LogP contribution is 2.29. The Morgan fingerprint density at radius 1 is 1.37 bits per heavy atom. The second-order valence-corrected chi connectivity index (χ2v) is 6.03. The van der Waals surface area contributed by atoms with Gasteiger partial charge in [0.1, 0.15) is 11.4 Å². The van der Waals surface area contributed by atoms with Crippen LogP contribution in [0.15, 0.2) is 18.2 Å². The monoisotopic (exact) mass is 260 g/mol. The maximum Gasteiger partial charge on any atom is 0.120 e. The predicted molar refractivity (Wildman–Crippen MR) is 77.6 cm³/mol. The maximum atomic E-state index is 6.30. The zero-order valence-corrected chi connectivity index (χ0v) is 12.0. The van der Waals surface area contributed by atoms with Crippen molar-refractivity contribution in [2.24, 2.45) is 0 Å². The molecule has 19 heavy (non-hydrogen) atoms. The molecule has 3 nitrogen and oxygen atoms in total. The molecule has 3 rings (SSSR count). The van der Waals surface area contributed by atoms with Crippen LogP contribution in [0.25, 0.3) is 0 Å². The SMILES string of the molecule is CCN1CCC(C)(Oc2ccc3c(c2)CCNC3)C1. The van der Waals surface area contributed by atoms with E-state index in [2.05, 4.69) is 42.3 Å². The van der Waals surface area contributed by atoms with Crippen LogP contribution in [0.2, 0.25) is 0 Å². The molecule has 0 amide bonds. The van der Waals surface area contributed by atoms with Gasteiger partial charge in [-0.05, 0) is 49.7 Å². The molecule has 0 spiro atoms. The number of likely N-dealkylation sites (tertiary alicyclic amines) is 1. The normalized spacial score (nSPS) is 27.3. The standard InChI is InChI=1S/C16H24N2O/c1-3-18-9-7-16(2,12-18)19-15-5-4-14-11-17-8-6-13(14)10-15/h4-5,10,17H,3,6-9,11-12H2,1-2H3. The van der Waals surface area contributed by atoms with Crippen molar-refractivity contribution in [1.82, 2.24) is 10.2 Å². The quantitative estimate of drug-likeness (QED) is 0.901. The van der Waals surface area contributed by atoms with Crippen LogP contribution >= 0.6 is 0 Å². The lowest BCUT2D eigenvalue weighted by Crippen LogP contribution is -2.36. The van der Waals surface area contributed by atoms with Gasteiger partial charge < -0.3 is 10.1 Å². The molecule has 1 aromatic rings. The Kier molecular flexibility index (Phi) is 3.50. The maximum absolute atomic E-state index is 6.30. The molecule has 1 atom stereocenters. The third kappa shape index (κ3) is 2.77. The first kappa shape index (κ1) is 12.9. The molecule has 1 saturated heterocycles. The Bertz CT molecular complexity index is 460. The van der Waals surface area contributed by atoms with Gasteiger partial charge in [0.25, 0.3) is 0 Å². The molecular weight excluding hydrogens is 236 g/mol. The number of fused-ring (bicyclic) bond motifs is 1. The van der Waals surface area contributed by atoms with Crippen molar-refractivity contribution >= 4 is 0 Å². The summed E-state index contributed by atoms with van der Waals surface area (Å²) in [4.78, 5) is 2.46. The summed E-state index contributed by atoms with van der Waals surface area (Å²) in [5.74, 6) is 1.04. The third-order valence-electron chi connectivity index (χ3n) is 4.39. The summed E-state index contributed by atoms with van der Waals surface area (Å²) < 4.78 is 6.30. The van der Waals surface area contributed by atoms with Gasteiger partial charge in [-0.1, -0.05) is 13.0 Å². The minimum atomic E-state index is -0.0167. The van der Waals surface area contributed by atoms with Crippen LogP contribution in [0.4, 0.5) is 0 Å². The Morgan fingerprint density at radius 3 is 3.05 bits per heavy atom. The topological polar surface area (TPSA) is 24.5 Å². The number of ether oxygens (including phenoxy) is 1. The van der Waals surface area contributed by atoms with Crippen molar-refractivity contribution < 1.29 is 4.74 Å². The van der Waals surface area contributed by atoms with Crippen LogP contribution in [0.1, 0.15) is 31.4 Å². The van der Waals surface area contributed by atoms with E-state index in [0.717, 1.165) is 51.3 Å². The lowest BCUT2D eigenvalue weighted by Gasteiger charge is -2.27. The summed E-state index contributed by atoms with van der Waals surface area (Å²) in [7, 11) is 0. The van der Waals surface area contributed by atoms with Crippen molar-refractivity contribution in [3.05, 3.63) is 29.3 Å². The molecule has 3 heteroatoms. The van der Waals surface area contributed by atoms with Crippen LogP contribution in [-0.4, -0.2) is 36.7 Å². The fraction of sp³-hybridized carbons (Fsp3) is 0.625.